The second-order valence-corrected chi connectivity index (χ2v) is 4.37. The van der Waals surface area contributed by atoms with Crippen LogP contribution >= 0.6 is 0 Å². The molecule has 0 saturated heterocycles. The van der Waals surface area contributed by atoms with Crippen LogP contribution in [0.2, 0.25) is 0 Å². The summed E-state index contributed by atoms with van der Waals surface area (Å²) in [6.07, 6.45) is 1.71. The molecule has 5 nitrogen and oxygen atoms in total. The van der Waals surface area contributed by atoms with Crippen LogP contribution in [0.5, 0.6) is 5.75 Å². The standard InChI is InChI=1S/C15H15NO4/c1-11-3-2-8-16(14(11)17)9-10-20-13-6-4-12(5-7-13)15(18)19/h2-8H,9-10H2,1H3,(H,18,19). The van der Waals surface area contributed by atoms with E-state index < -0.39 is 5.97 Å². The van der Waals surface area contributed by atoms with E-state index in [4.69, 9.17) is 9.84 Å². The minimum absolute atomic E-state index is 0.0303. The van der Waals surface area contributed by atoms with E-state index in [2.05, 4.69) is 0 Å². The molecule has 0 aliphatic heterocycles. The molecule has 5 heteroatoms. The molecule has 1 aromatic carbocycles. The van der Waals surface area contributed by atoms with Crippen molar-refractivity contribution >= 4 is 5.97 Å². The van der Waals surface area contributed by atoms with Gasteiger partial charge in [0.05, 0.1) is 12.1 Å². The van der Waals surface area contributed by atoms with Crippen molar-refractivity contribution in [3.8, 4) is 5.75 Å². The van der Waals surface area contributed by atoms with Crippen LogP contribution in [0.4, 0.5) is 0 Å². The molecule has 0 unspecified atom stereocenters. The van der Waals surface area contributed by atoms with Crippen LogP contribution in [0.3, 0.4) is 0 Å². The van der Waals surface area contributed by atoms with Crippen LogP contribution in [0.25, 0.3) is 0 Å². The Morgan fingerprint density at radius 2 is 1.95 bits per heavy atom. The normalized spacial score (nSPS) is 10.2. The first-order valence-electron chi connectivity index (χ1n) is 6.20. The molecule has 0 saturated carbocycles. The van der Waals surface area contributed by atoms with Crippen molar-refractivity contribution in [3.05, 3.63) is 64.1 Å². The maximum atomic E-state index is 11.8. The zero-order valence-electron chi connectivity index (χ0n) is 11.1. The Hall–Kier alpha value is -2.56. The number of aromatic nitrogens is 1. The van der Waals surface area contributed by atoms with Gasteiger partial charge in [-0.25, -0.2) is 4.79 Å². The number of carboxylic acids is 1. The van der Waals surface area contributed by atoms with Gasteiger partial charge in [-0.15, -0.1) is 0 Å². The largest absolute Gasteiger partial charge is 0.492 e. The number of carboxylic acid groups (broad SMARTS) is 1. The summed E-state index contributed by atoms with van der Waals surface area (Å²) in [7, 11) is 0. The lowest BCUT2D eigenvalue weighted by atomic mass is 10.2. The summed E-state index contributed by atoms with van der Waals surface area (Å²) in [5.41, 5.74) is 0.878. The van der Waals surface area contributed by atoms with Gasteiger partial charge in [-0.3, -0.25) is 4.79 Å². The average molecular weight is 273 g/mol. The summed E-state index contributed by atoms with van der Waals surface area (Å²) >= 11 is 0. The van der Waals surface area contributed by atoms with Crippen LogP contribution in [0.1, 0.15) is 15.9 Å². The number of benzene rings is 1. The second-order valence-electron chi connectivity index (χ2n) is 4.37. The number of hydrogen-bond acceptors (Lipinski definition) is 3. The van der Waals surface area contributed by atoms with Gasteiger partial charge < -0.3 is 14.4 Å². The molecule has 2 rings (SSSR count). The van der Waals surface area contributed by atoms with Gasteiger partial charge in [0.25, 0.3) is 5.56 Å². The van der Waals surface area contributed by atoms with Crippen molar-refractivity contribution in [1.29, 1.82) is 0 Å². The Bertz CT molecular complexity index is 658. The van der Waals surface area contributed by atoms with E-state index >= 15 is 0 Å². The predicted molar refractivity (Wildman–Crippen MR) is 74.3 cm³/mol. The molecular weight excluding hydrogens is 258 g/mol. The molecule has 0 atom stereocenters. The maximum Gasteiger partial charge on any atom is 0.335 e. The number of carbonyl (C=O) groups is 1. The van der Waals surface area contributed by atoms with E-state index in [-0.39, 0.29) is 11.1 Å². The summed E-state index contributed by atoms with van der Waals surface area (Å²) in [6.45, 7) is 2.56. The average Bonchev–Trinajstić information content (AvgIpc) is 2.44. The lowest BCUT2D eigenvalue weighted by Gasteiger charge is -2.09. The number of aryl methyl sites for hydroxylation is 1. The van der Waals surface area contributed by atoms with E-state index in [0.29, 0.717) is 24.5 Å². The summed E-state index contributed by atoms with van der Waals surface area (Å²) < 4.78 is 7.07. The highest BCUT2D eigenvalue weighted by Crippen LogP contribution is 2.12. The fourth-order valence-corrected chi connectivity index (χ4v) is 1.79. The van der Waals surface area contributed by atoms with Gasteiger partial charge in [0.2, 0.25) is 0 Å². The zero-order valence-corrected chi connectivity index (χ0v) is 11.1. The molecule has 2 aromatic rings. The van der Waals surface area contributed by atoms with Gasteiger partial charge in [0.1, 0.15) is 12.4 Å². The van der Waals surface area contributed by atoms with Crippen LogP contribution in [-0.2, 0) is 6.54 Å². The molecule has 1 heterocycles. The van der Waals surface area contributed by atoms with Crippen molar-refractivity contribution < 1.29 is 14.6 Å². The Kier molecular flexibility index (Phi) is 4.20. The SMILES string of the molecule is Cc1cccn(CCOc2ccc(C(=O)O)cc2)c1=O. The molecule has 0 aliphatic rings. The van der Waals surface area contributed by atoms with E-state index in [0.717, 1.165) is 0 Å². The maximum absolute atomic E-state index is 11.8. The lowest BCUT2D eigenvalue weighted by Crippen LogP contribution is -2.23. The summed E-state index contributed by atoms with van der Waals surface area (Å²) in [5, 5.41) is 8.78. The van der Waals surface area contributed by atoms with Crippen LogP contribution in [0, 0.1) is 6.92 Å². The fourth-order valence-electron chi connectivity index (χ4n) is 1.79. The van der Waals surface area contributed by atoms with Gasteiger partial charge in [0, 0.05) is 11.8 Å². The Labute approximate surface area is 116 Å². The third-order valence-electron chi connectivity index (χ3n) is 2.91. The topological polar surface area (TPSA) is 68.5 Å². The Morgan fingerprint density at radius 3 is 2.60 bits per heavy atom. The molecular formula is C15H15NO4. The summed E-state index contributed by atoms with van der Waals surface area (Å²) in [5.74, 6) is -0.390. The van der Waals surface area contributed by atoms with Crippen molar-refractivity contribution in [3.63, 3.8) is 0 Å². The van der Waals surface area contributed by atoms with E-state index in [1.54, 1.807) is 35.9 Å². The number of ether oxygens (including phenoxy) is 1. The number of hydrogen-bond donors (Lipinski definition) is 1. The third kappa shape index (κ3) is 3.26. The van der Waals surface area contributed by atoms with Gasteiger partial charge in [-0.1, -0.05) is 6.07 Å². The molecule has 0 radical (unpaired) electrons. The highest BCUT2D eigenvalue weighted by molar-refractivity contribution is 5.87. The monoisotopic (exact) mass is 273 g/mol. The first-order valence-corrected chi connectivity index (χ1v) is 6.20. The lowest BCUT2D eigenvalue weighted by molar-refractivity contribution is 0.0697. The van der Waals surface area contributed by atoms with E-state index in [9.17, 15) is 9.59 Å². The van der Waals surface area contributed by atoms with Crippen molar-refractivity contribution in [2.24, 2.45) is 0 Å². The van der Waals surface area contributed by atoms with Crippen molar-refractivity contribution in [2.75, 3.05) is 6.61 Å². The smallest absolute Gasteiger partial charge is 0.335 e. The molecule has 1 N–H and O–H groups in total. The van der Waals surface area contributed by atoms with E-state index in [1.165, 1.54) is 12.1 Å². The molecule has 0 amide bonds. The molecule has 1 aromatic heterocycles. The number of nitrogens with zero attached hydrogens (tertiary/aromatic N) is 1. The van der Waals surface area contributed by atoms with E-state index in [1.807, 2.05) is 6.07 Å². The summed E-state index contributed by atoms with van der Waals surface area (Å²) in [6, 6.07) is 9.75. The molecule has 0 bridgehead atoms. The minimum atomic E-state index is -0.970. The van der Waals surface area contributed by atoms with Crippen LogP contribution < -0.4 is 10.3 Å². The highest BCUT2D eigenvalue weighted by Gasteiger charge is 2.02. The van der Waals surface area contributed by atoms with Crippen LogP contribution in [-0.4, -0.2) is 22.2 Å². The van der Waals surface area contributed by atoms with Gasteiger partial charge in [-0.2, -0.15) is 0 Å². The first-order chi connectivity index (χ1) is 9.58. The highest BCUT2D eigenvalue weighted by atomic mass is 16.5. The van der Waals surface area contributed by atoms with Crippen LogP contribution in [0.15, 0.2) is 47.4 Å². The second kappa shape index (κ2) is 6.06. The Balaban J connectivity index is 1.94. The number of pyridine rings is 1. The number of aromatic carboxylic acids is 1. The quantitative estimate of drug-likeness (QED) is 0.903. The van der Waals surface area contributed by atoms with Crippen molar-refractivity contribution in [2.45, 2.75) is 13.5 Å². The Morgan fingerprint density at radius 1 is 1.25 bits per heavy atom. The minimum Gasteiger partial charge on any atom is -0.492 e. The third-order valence-corrected chi connectivity index (χ3v) is 2.91. The molecule has 0 fully saturated rings. The zero-order chi connectivity index (χ0) is 14.5. The summed E-state index contributed by atoms with van der Waals surface area (Å²) in [4.78, 5) is 22.5. The first kappa shape index (κ1) is 13.9. The number of rotatable bonds is 5. The molecule has 20 heavy (non-hydrogen) atoms. The predicted octanol–water partition coefficient (Wildman–Crippen LogP) is 1.93. The molecule has 104 valence electrons. The van der Waals surface area contributed by atoms with Crippen molar-refractivity contribution in [1.82, 2.24) is 4.57 Å². The van der Waals surface area contributed by atoms with Gasteiger partial charge in [0.15, 0.2) is 0 Å². The fraction of sp³-hybridized carbons (Fsp3) is 0.200. The molecule has 0 aliphatic carbocycles. The van der Waals surface area contributed by atoms with Gasteiger partial charge in [-0.05, 0) is 37.3 Å². The van der Waals surface area contributed by atoms with Gasteiger partial charge >= 0.3 is 5.97 Å². The molecule has 0 spiro atoms.